The highest BCUT2D eigenvalue weighted by atomic mass is 16.5. The van der Waals surface area contributed by atoms with Crippen molar-refractivity contribution < 1.29 is 14.3 Å². The van der Waals surface area contributed by atoms with E-state index in [-0.39, 0.29) is 18.3 Å². The molecule has 2 amide bonds. The molecule has 0 unspecified atom stereocenters. The van der Waals surface area contributed by atoms with Crippen molar-refractivity contribution in [3.8, 4) is 0 Å². The number of amides is 2. The van der Waals surface area contributed by atoms with E-state index < -0.39 is 6.09 Å². The minimum atomic E-state index is -0.502. The largest absolute Gasteiger partial charge is 0.445 e. The first-order valence-corrected chi connectivity index (χ1v) is 8.67. The predicted octanol–water partition coefficient (Wildman–Crippen LogP) is 3.34. The van der Waals surface area contributed by atoms with Gasteiger partial charge in [-0.3, -0.25) is 4.79 Å². The Hall–Kier alpha value is -3.87. The molecule has 2 aromatic carbocycles. The zero-order valence-electron chi connectivity index (χ0n) is 15.1. The fourth-order valence-electron chi connectivity index (χ4n) is 2.44. The van der Waals surface area contributed by atoms with Crippen LogP contribution in [0.25, 0.3) is 0 Å². The molecule has 142 valence electrons. The number of hydrogen-bond donors (Lipinski definition) is 3. The van der Waals surface area contributed by atoms with E-state index in [0.717, 1.165) is 11.1 Å². The van der Waals surface area contributed by atoms with Crippen molar-refractivity contribution in [3.05, 3.63) is 89.6 Å². The van der Waals surface area contributed by atoms with Crippen LogP contribution < -0.4 is 16.4 Å². The predicted molar refractivity (Wildman–Crippen MR) is 107 cm³/mol. The highest BCUT2D eigenvalue weighted by molar-refractivity contribution is 6.05. The van der Waals surface area contributed by atoms with Gasteiger partial charge in [-0.05, 0) is 35.4 Å². The van der Waals surface area contributed by atoms with E-state index in [1.165, 1.54) is 0 Å². The van der Waals surface area contributed by atoms with Gasteiger partial charge in [-0.25, -0.2) is 9.78 Å². The quantitative estimate of drug-likeness (QED) is 0.612. The number of nitrogens with zero attached hydrogens (tertiary/aromatic N) is 1. The lowest BCUT2D eigenvalue weighted by atomic mass is 10.1. The molecular weight excluding hydrogens is 356 g/mol. The second-order valence-corrected chi connectivity index (χ2v) is 6.00. The smallest absolute Gasteiger partial charge is 0.407 e. The maximum absolute atomic E-state index is 12.3. The minimum absolute atomic E-state index is 0.212. The number of carbonyl (C=O) groups excluding carboxylic acids is 2. The number of carbonyl (C=O) groups is 2. The van der Waals surface area contributed by atoms with E-state index in [9.17, 15) is 9.59 Å². The van der Waals surface area contributed by atoms with Gasteiger partial charge in [0.05, 0.1) is 5.69 Å². The van der Waals surface area contributed by atoms with Crippen molar-refractivity contribution in [1.29, 1.82) is 0 Å². The van der Waals surface area contributed by atoms with E-state index in [4.69, 9.17) is 10.5 Å². The molecule has 0 saturated heterocycles. The van der Waals surface area contributed by atoms with E-state index in [2.05, 4.69) is 15.6 Å². The van der Waals surface area contributed by atoms with Crippen molar-refractivity contribution in [1.82, 2.24) is 10.3 Å². The van der Waals surface area contributed by atoms with Crippen LogP contribution in [0.15, 0.2) is 72.9 Å². The summed E-state index contributed by atoms with van der Waals surface area (Å²) in [5, 5.41) is 5.39. The summed E-state index contributed by atoms with van der Waals surface area (Å²) in [6.07, 6.45) is 1.05. The number of alkyl carbamates (subject to hydrolysis) is 1. The second kappa shape index (κ2) is 9.18. The van der Waals surface area contributed by atoms with Crippen molar-refractivity contribution in [2.24, 2.45) is 0 Å². The maximum atomic E-state index is 12.3. The van der Waals surface area contributed by atoms with Crippen LogP contribution in [0.1, 0.15) is 21.5 Å². The number of benzene rings is 2. The van der Waals surface area contributed by atoms with Gasteiger partial charge in [0.2, 0.25) is 0 Å². The first kappa shape index (κ1) is 18.9. The van der Waals surface area contributed by atoms with Crippen molar-refractivity contribution in [3.63, 3.8) is 0 Å². The van der Waals surface area contributed by atoms with Gasteiger partial charge in [0.25, 0.3) is 5.91 Å². The molecule has 28 heavy (non-hydrogen) atoms. The van der Waals surface area contributed by atoms with Gasteiger partial charge in [-0.15, -0.1) is 0 Å². The molecule has 0 aliphatic carbocycles. The third-order valence-electron chi connectivity index (χ3n) is 3.95. The third kappa shape index (κ3) is 5.31. The molecular formula is C21H20N4O3. The Morgan fingerprint density at radius 1 is 0.929 bits per heavy atom. The monoisotopic (exact) mass is 376 g/mol. The van der Waals surface area contributed by atoms with Crippen LogP contribution in [0, 0.1) is 0 Å². The molecule has 0 spiro atoms. The van der Waals surface area contributed by atoms with Crippen LogP contribution in [0.2, 0.25) is 0 Å². The van der Waals surface area contributed by atoms with Crippen molar-refractivity contribution in [2.75, 3.05) is 11.1 Å². The lowest BCUT2D eigenvalue weighted by Gasteiger charge is -2.09. The zero-order chi connectivity index (χ0) is 19.8. The molecule has 4 N–H and O–H groups in total. The van der Waals surface area contributed by atoms with Gasteiger partial charge in [-0.2, -0.15) is 0 Å². The molecule has 7 nitrogen and oxygen atoms in total. The van der Waals surface area contributed by atoms with Crippen LogP contribution in [-0.4, -0.2) is 17.0 Å². The van der Waals surface area contributed by atoms with Crippen LogP contribution in [-0.2, 0) is 17.9 Å². The van der Waals surface area contributed by atoms with E-state index in [0.29, 0.717) is 17.8 Å². The third-order valence-corrected chi connectivity index (χ3v) is 3.95. The van der Waals surface area contributed by atoms with Gasteiger partial charge in [0, 0.05) is 18.3 Å². The van der Waals surface area contributed by atoms with Crippen molar-refractivity contribution >= 4 is 23.5 Å². The first-order valence-electron chi connectivity index (χ1n) is 8.67. The topological polar surface area (TPSA) is 106 Å². The lowest BCUT2D eigenvalue weighted by molar-refractivity contribution is 0.102. The summed E-state index contributed by atoms with van der Waals surface area (Å²) in [7, 11) is 0. The molecule has 0 bridgehead atoms. The minimum Gasteiger partial charge on any atom is -0.445 e. The Labute approximate surface area is 162 Å². The van der Waals surface area contributed by atoms with E-state index in [1.54, 1.807) is 42.6 Å². The number of aromatic nitrogens is 1. The molecule has 7 heteroatoms. The molecule has 0 fully saturated rings. The Kier molecular flexibility index (Phi) is 6.20. The van der Waals surface area contributed by atoms with Gasteiger partial charge < -0.3 is 21.1 Å². The molecule has 3 aromatic rings. The number of pyridine rings is 1. The molecule has 3 rings (SSSR count). The Morgan fingerprint density at radius 3 is 2.39 bits per heavy atom. The highest BCUT2D eigenvalue weighted by Crippen LogP contribution is 2.15. The summed E-state index contributed by atoms with van der Waals surface area (Å²) in [6, 6.07) is 19.7. The van der Waals surface area contributed by atoms with E-state index >= 15 is 0 Å². The average Bonchev–Trinajstić information content (AvgIpc) is 2.73. The number of anilines is 2. The zero-order valence-corrected chi connectivity index (χ0v) is 15.1. The van der Waals surface area contributed by atoms with Crippen LogP contribution >= 0.6 is 0 Å². The second-order valence-electron chi connectivity index (χ2n) is 6.00. The molecule has 0 saturated carbocycles. The summed E-state index contributed by atoms with van der Waals surface area (Å²) in [4.78, 5) is 28.0. The van der Waals surface area contributed by atoms with Crippen LogP contribution in [0.5, 0.6) is 0 Å². The molecule has 1 aromatic heterocycles. The first-order chi connectivity index (χ1) is 13.6. The van der Waals surface area contributed by atoms with E-state index in [1.807, 2.05) is 30.3 Å². The van der Waals surface area contributed by atoms with Gasteiger partial charge in [-0.1, -0.05) is 42.5 Å². The SMILES string of the molecule is Nc1ncccc1NC(=O)c1ccc(CNC(=O)OCc2ccccc2)cc1. The molecule has 0 aliphatic rings. The summed E-state index contributed by atoms with van der Waals surface area (Å²) < 4.78 is 5.16. The number of nitrogens with two attached hydrogens (primary N) is 1. The fraction of sp³-hybridized carbons (Fsp3) is 0.0952. The fourth-order valence-corrected chi connectivity index (χ4v) is 2.44. The number of rotatable bonds is 6. The summed E-state index contributed by atoms with van der Waals surface area (Å²) in [5.41, 5.74) is 8.41. The highest BCUT2D eigenvalue weighted by Gasteiger charge is 2.09. The van der Waals surface area contributed by atoms with Gasteiger partial charge >= 0.3 is 6.09 Å². The molecule has 0 atom stereocenters. The number of nitrogens with one attached hydrogen (secondary N) is 2. The normalized spacial score (nSPS) is 10.1. The maximum Gasteiger partial charge on any atom is 0.407 e. The lowest BCUT2D eigenvalue weighted by Crippen LogP contribution is -2.23. The molecule has 1 heterocycles. The Balaban J connectivity index is 1.48. The number of hydrogen-bond acceptors (Lipinski definition) is 5. The Bertz CT molecular complexity index is 943. The van der Waals surface area contributed by atoms with Crippen LogP contribution in [0.4, 0.5) is 16.3 Å². The Morgan fingerprint density at radius 2 is 1.68 bits per heavy atom. The number of nitrogen functional groups attached to an aromatic ring is 1. The summed E-state index contributed by atoms with van der Waals surface area (Å²) in [6.45, 7) is 0.508. The number of ether oxygens (including phenoxy) is 1. The molecule has 0 radical (unpaired) electrons. The van der Waals surface area contributed by atoms with Gasteiger partial charge in [0.1, 0.15) is 12.4 Å². The molecule has 0 aliphatic heterocycles. The summed E-state index contributed by atoms with van der Waals surface area (Å²) >= 11 is 0. The van der Waals surface area contributed by atoms with Gasteiger partial charge in [0.15, 0.2) is 0 Å². The van der Waals surface area contributed by atoms with Crippen molar-refractivity contribution in [2.45, 2.75) is 13.2 Å². The summed E-state index contributed by atoms with van der Waals surface area (Å²) in [5.74, 6) is -0.0350. The average molecular weight is 376 g/mol. The van der Waals surface area contributed by atoms with Crippen LogP contribution in [0.3, 0.4) is 0 Å². The standard InChI is InChI=1S/C21H20N4O3/c22-19-18(7-4-12-23-19)25-20(26)17-10-8-15(9-11-17)13-24-21(27)28-14-16-5-2-1-3-6-16/h1-12H,13-14H2,(H2,22,23)(H,24,27)(H,25,26).